The summed E-state index contributed by atoms with van der Waals surface area (Å²) in [6, 6.07) is 8.04. The van der Waals surface area contributed by atoms with E-state index in [1.165, 1.54) is 5.56 Å². The van der Waals surface area contributed by atoms with Gasteiger partial charge in [0.1, 0.15) is 0 Å². The van der Waals surface area contributed by atoms with E-state index in [9.17, 15) is 4.79 Å². The fourth-order valence-corrected chi connectivity index (χ4v) is 2.31. The second kappa shape index (κ2) is 9.18. The Morgan fingerprint density at radius 1 is 1.05 bits per heavy atom. The molecule has 1 rings (SSSR count). The van der Waals surface area contributed by atoms with E-state index in [2.05, 4.69) is 4.90 Å². The number of carbonyl (C=O) groups is 1. The molecule has 3 nitrogen and oxygen atoms in total. The van der Waals surface area contributed by atoms with Gasteiger partial charge in [-0.3, -0.25) is 9.69 Å². The summed E-state index contributed by atoms with van der Waals surface area (Å²) in [4.78, 5) is 12.7. The van der Waals surface area contributed by atoms with Crippen LogP contribution in [0.15, 0.2) is 24.3 Å². The number of aliphatic carboxylic acids is 1. The third-order valence-electron chi connectivity index (χ3n) is 2.86. The van der Waals surface area contributed by atoms with Gasteiger partial charge in [-0.1, -0.05) is 24.3 Å². The van der Waals surface area contributed by atoms with Crippen molar-refractivity contribution in [2.45, 2.75) is 19.4 Å². The van der Waals surface area contributed by atoms with Gasteiger partial charge in [0.2, 0.25) is 0 Å². The van der Waals surface area contributed by atoms with Crippen molar-refractivity contribution in [1.82, 2.24) is 4.90 Å². The molecule has 0 aliphatic carbocycles. The number of halogens is 2. The fraction of sp³-hybridized carbons (Fsp3) is 0.500. The Balaban J connectivity index is 2.52. The highest BCUT2D eigenvalue weighted by Crippen LogP contribution is 2.09. The third-order valence-corrected chi connectivity index (χ3v) is 3.20. The van der Waals surface area contributed by atoms with E-state index in [0.717, 1.165) is 25.2 Å². The number of hydrogen-bond acceptors (Lipinski definition) is 2. The molecule has 0 fully saturated rings. The first-order valence-corrected chi connectivity index (χ1v) is 7.36. The highest BCUT2D eigenvalue weighted by molar-refractivity contribution is 6.18. The molecule has 0 saturated heterocycles. The van der Waals surface area contributed by atoms with E-state index < -0.39 is 5.97 Å². The summed E-state index contributed by atoms with van der Waals surface area (Å²) in [7, 11) is 0. The maximum Gasteiger partial charge on any atom is 0.303 e. The van der Waals surface area contributed by atoms with Crippen molar-refractivity contribution in [1.29, 1.82) is 0 Å². The van der Waals surface area contributed by atoms with Crippen LogP contribution in [0.2, 0.25) is 0 Å². The van der Waals surface area contributed by atoms with Gasteiger partial charge in [0, 0.05) is 37.8 Å². The van der Waals surface area contributed by atoms with Gasteiger partial charge in [-0.15, -0.1) is 23.2 Å². The highest BCUT2D eigenvalue weighted by atomic mass is 35.5. The lowest BCUT2D eigenvalue weighted by atomic mass is 10.1. The second-order valence-electron chi connectivity index (χ2n) is 4.36. The summed E-state index contributed by atoms with van der Waals surface area (Å²) in [5, 5.41) is 8.63. The fourth-order valence-electron chi connectivity index (χ4n) is 1.83. The van der Waals surface area contributed by atoms with Crippen LogP contribution in [-0.2, 0) is 17.8 Å². The number of aryl methyl sites for hydroxylation is 1. The van der Waals surface area contributed by atoms with Crippen molar-refractivity contribution < 1.29 is 9.90 Å². The van der Waals surface area contributed by atoms with Gasteiger partial charge in [0.05, 0.1) is 0 Å². The van der Waals surface area contributed by atoms with Gasteiger partial charge >= 0.3 is 5.97 Å². The van der Waals surface area contributed by atoms with E-state index in [0.29, 0.717) is 18.2 Å². The molecular weight excluding hydrogens is 285 g/mol. The quantitative estimate of drug-likeness (QED) is 0.713. The molecule has 0 saturated carbocycles. The molecule has 0 bridgehead atoms. The Bertz CT molecular complexity index is 376. The molecule has 0 amide bonds. The Hall–Kier alpha value is -0.770. The Morgan fingerprint density at radius 3 is 2.05 bits per heavy atom. The summed E-state index contributed by atoms with van der Waals surface area (Å²) in [5.74, 6) is 0.417. The lowest BCUT2D eigenvalue weighted by Crippen LogP contribution is -2.27. The van der Waals surface area contributed by atoms with Crippen LogP contribution < -0.4 is 0 Å². The minimum atomic E-state index is -0.764. The number of nitrogens with zero attached hydrogens (tertiary/aromatic N) is 1. The summed E-state index contributed by atoms with van der Waals surface area (Å²) in [6.07, 6.45) is 0.743. The molecule has 0 unspecified atom stereocenters. The van der Waals surface area contributed by atoms with Gasteiger partial charge in [-0.25, -0.2) is 0 Å². The van der Waals surface area contributed by atoms with Crippen molar-refractivity contribution in [2.24, 2.45) is 0 Å². The zero-order chi connectivity index (χ0) is 14.1. The van der Waals surface area contributed by atoms with Crippen LogP contribution in [0.1, 0.15) is 17.5 Å². The van der Waals surface area contributed by atoms with E-state index in [1.54, 1.807) is 0 Å². The minimum absolute atomic E-state index is 0.171. The average molecular weight is 304 g/mol. The Morgan fingerprint density at radius 2 is 1.58 bits per heavy atom. The first-order chi connectivity index (χ1) is 9.15. The molecule has 19 heavy (non-hydrogen) atoms. The van der Waals surface area contributed by atoms with Crippen molar-refractivity contribution in [3.8, 4) is 0 Å². The summed E-state index contributed by atoms with van der Waals surface area (Å²) >= 11 is 11.5. The van der Waals surface area contributed by atoms with Gasteiger partial charge in [0.25, 0.3) is 0 Å². The van der Waals surface area contributed by atoms with Crippen molar-refractivity contribution in [3.63, 3.8) is 0 Å². The van der Waals surface area contributed by atoms with Crippen LogP contribution in [0.5, 0.6) is 0 Å². The molecular formula is C14H19Cl2NO2. The van der Waals surface area contributed by atoms with Gasteiger partial charge < -0.3 is 5.11 Å². The van der Waals surface area contributed by atoms with E-state index in [-0.39, 0.29) is 6.42 Å². The van der Waals surface area contributed by atoms with Crippen LogP contribution in [0, 0.1) is 0 Å². The molecule has 0 atom stereocenters. The predicted molar refractivity (Wildman–Crippen MR) is 79.1 cm³/mol. The highest BCUT2D eigenvalue weighted by Gasteiger charge is 2.05. The number of alkyl halides is 2. The largest absolute Gasteiger partial charge is 0.481 e. The Labute approximate surface area is 124 Å². The molecule has 0 aliphatic rings. The summed E-state index contributed by atoms with van der Waals surface area (Å²) in [6.45, 7) is 2.45. The van der Waals surface area contributed by atoms with Gasteiger partial charge in [0.15, 0.2) is 0 Å². The van der Waals surface area contributed by atoms with E-state index in [1.807, 2.05) is 24.3 Å². The predicted octanol–water partition coefficient (Wildman–Crippen LogP) is 2.98. The molecule has 1 N–H and O–H groups in total. The van der Waals surface area contributed by atoms with Crippen LogP contribution in [-0.4, -0.2) is 40.8 Å². The van der Waals surface area contributed by atoms with Crippen molar-refractivity contribution >= 4 is 29.2 Å². The summed E-state index contributed by atoms with van der Waals surface area (Å²) in [5.41, 5.74) is 2.24. The van der Waals surface area contributed by atoms with E-state index >= 15 is 0 Å². The number of hydrogen-bond donors (Lipinski definition) is 1. The lowest BCUT2D eigenvalue weighted by molar-refractivity contribution is -0.136. The number of carboxylic acid groups (broad SMARTS) is 1. The molecule has 106 valence electrons. The number of rotatable bonds is 9. The summed E-state index contributed by atoms with van der Waals surface area (Å²) < 4.78 is 0. The second-order valence-corrected chi connectivity index (χ2v) is 5.12. The molecule has 0 aromatic heterocycles. The van der Waals surface area contributed by atoms with Gasteiger partial charge in [-0.2, -0.15) is 0 Å². The van der Waals surface area contributed by atoms with Crippen LogP contribution in [0.25, 0.3) is 0 Å². The maximum absolute atomic E-state index is 10.5. The zero-order valence-electron chi connectivity index (χ0n) is 10.8. The lowest BCUT2D eigenvalue weighted by Gasteiger charge is -2.20. The topological polar surface area (TPSA) is 40.5 Å². The number of benzene rings is 1. The first kappa shape index (κ1) is 16.3. The number of carboxylic acids is 1. The first-order valence-electron chi connectivity index (χ1n) is 6.29. The Kier molecular flexibility index (Phi) is 7.87. The monoisotopic (exact) mass is 303 g/mol. The molecule has 0 aliphatic heterocycles. The normalized spacial score (nSPS) is 10.9. The third kappa shape index (κ3) is 6.81. The van der Waals surface area contributed by atoms with Crippen LogP contribution >= 0.6 is 23.2 Å². The van der Waals surface area contributed by atoms with Gasteiger partial charge in [-0.05, 0) is 17.5 Å². The van der Waals surface area contributed by atoms with Crippen LogP contribution in [0.3, 0.4) is 0 Å². The zero-order valence-corrected chi connectivity index (χ0v) is 12.3. The van der Waals surface area contributed by atoms with Crippen molar-refractivity contribution in [3.05, 3.63) is 35.4 Å². The molecule has 0 spiro atoms. The smallest absolute Gasteiger partial charge is 0.303 e. The molecule has 0 heterocycles. The standard InChI is InChI=1S/C14H19Cl2NO2/c15-7-9-17(10-8-16)11-13-3-1-12(2-4-13)5-6-14(18)19/h1-4H,5-11H2,(H,18,19). The SMILES string of the molecule is O=C(O)CCc1ccc(CN(CCCl)CCCl)cc1. The molecule has 5 heteroatoms. The van der Waals surface area contributed by atoms with Crippen molar-refractivity contribution in [2.75, 3.05) is 24.8 Å². The van der Waals surface area contributed by atoms with E-state index in [4.69, 9.17) is 28.3 Å². The molecule has 1 aromatic rings. The molecule has 0 radical (unpaired) electrons. The molecule has 1 aromatic carbocycles. The average Bonchev–Trinajstić information content (AvgIpc) is 2.38. The maximum atomic E-state index is 10.5. The minimum Gasteiger partial charge on any atom is -0.481 e. The van der Waals surface area contributed by atoms with Crippen LogP contribution in [0.4, 0.5) is 0 Å².